The summed E-state index contributed by atoms with van der Waals surface area (Å²) in [5.74, 6) is 0.250. The van der Waals surface area contributed by atoms with Gasteiger partial charge in [-0.15, -0.1) is 0 Å². The molecule has 0 heterocycles. The molecule has 0 amide bonds. The van der Waals surface area contributed by atoms with Gasteiger partial charge in [0.1, 0.15) is 5.82 Å². The summed E-state index contributed by atoms with van der Waals surface area (Å²) >= 11 is 0. The van der Waals surface area contributed by atoms with Gasteiger partial charge in [-0.2, -0.15) is 0 Å². The van der Waals surface area contributed by atoms with Crippen molar-refractivity contribution >= 4 is 0 Å². The Hall–Kier alpha value is -0.890. The third-order valence-corrected chi connectivity index (χ3v) is 2.59. The smallest absolute Gasteiger partial charge is 0.123 e. The first kappa shape index (κ1) is 7.74. The fourth-order valence-electron chi connectivity index (χ4n) is 1.94. The van der Waals surface area contributed by atoms with Gasteiger partial charge in [-0.3, -0.25) is 0 Å². The molecule has 1 aliphatic rings. The lowest BCUT2D eigenvalue weighted by molar-refractivity contribution is 0.621. The van der Waals surface area contributed by atoms with Gasteiger partial charge in [-0.05, 0) is 35.6 Å². The van der Waals surface area contributed by atoms with Crippen LogP contribution < -0.4 is 5.73 Å². The highest BCUT2D eigenvalue weighted by molar-refractivity contribution is 5.37. The number of benzene rings is 1. The van der Waals surface area contributed by atoms with Crippen LogP contribution in [-0.2, 0) is 0 Å². The van der Waals surface area contributed by atoms with E-state index in [1.807, 2.05) is 0 Å². The minimum atomic E-state index is -0.158. The van der Waals surface area contributed by atoms with Gasteiger partial charge in [-0.1, -0.05) is 13.0 Å². The lowest BCUT2D eigenvalue weighted by Gasteiger charge is -2.03. The molecule has 0 fully saturated rings. The zero-order valence-corrected chi connectivity index (χ0v) is 7.05. The van der Waals surface area contributed by atoms with Crippen LogP contribution in [-0.4, -0.2) is 0 Å². The third kappa shape index (κ3) is 1.03. The fraction of sp³-hybridized carbons (Fsp3) is 0.400. The Morgan fingerprint density at radius 3 is 2.92 bits per heavy atom. The van der Waals surface area contributed by atoms with Crippen molar-refractivity contribution < 1.29 is 4.39 Å². The first-order valence-electron chi connectivity index (χ1n) is 4.23. The molecule has 12 heavy (non-hydrogen) atoms. The van der Waals surface area contributed by atoms with Crippen LogP contribution in [0.3, 0.4) is 0 Å². The number of hydrogen-bond acceptors (Lipinski definition) is 1. The number of nitrogens with two attached hydrogens (primary N) is 1. The van der Waals surface area contributed by atoms with Crippen LogP contribution in [0.1, 0.15) is 36.4 Å². The second kappa shape index (κ2) is 2.56. The van der Waals surface area contributed by atoms with Crippen LogP contribution in [0.15, 0.2) is 18.2 Å². The Kier molecular flexibility index (Phi) is 1.65. The highest BCUT2D eigenvalue weighted by Gasteiger charge is 2.25. The van der Waals surface area contributed by atoms with Crippen LogP contribution in [0.4, 0.5) is 4.39 Å². The molecule has 2 atom stereocenters. The number of hydrogen-bond donors (Lipinski definition) is 1. The third-order valence-electron chi connectivity index (χ3n) is 2.59. The van der Waals surface area contributed by atoms with E-state index < -0.39 is 0 Å². The molecule has 1 aliphatic carbocycles. The largest absolute Gasteiger partial charge is 0.324 e. The summed E-state index contributed by atoms with van der Waals surface area (Å²) in [7, 11) is 0. The van der Waals surface area contributed by atoms with E-state index in [-0.39, 0.29) is 11.9 Å². The zero-order valence-electron chi connectivity index (χ0n) is 7.05. The van der Waals surface area contributed by atoms with Crippen molar-refractivity contribution in [3.8, 4) is 0 Å². The van der Waals surface area contributed by atoms with E-state index in [9.17, 15) is 4.39 Å². The van der Waals surface area contributed by atoms with Gasteiger partial charge in [0.05, 0.1) is 0 Å². The van der Waals surface area contributed by atoms with Crippen molar-refractivity contribution in [1.29, 1.82) is 0 Å². The second-order valence-electron chi connectivity index (χ2n) is 3.52. The molecule has 2 unspecified atom stereocenters. The van der Waals surface area contributed by atoms with Gasteiger partial charge in [-0.25, -0.2) is 4.39 Å². The maximum atomic E-state index is 12.8. The molecule has 0 spiro atoms. The van der Waals surface area contributed by atoms with E-state index in [0.29, 0.717) is 5.92 Å². The van der Waals surface area contributed by atoms with E-state index in [1.54, 1.807) is 12.1 Å². The quantitative estimate of drug-likeness (QED) is 0.627. The monoisotopic (exact) mass is 165 g/mol. The molecule has 0 saturated heterocycles. The molecule has 64 valence electrons. The molecular weight excluding hydrogens is 153 g/mol. The van der Waals surface area contributed by atoms with Crippen molar-refractivity contribution in [3.63, 3.8) is 0 Å². The van der Waals surface area contributed by atoms with Crippen LogP contribution in [0, 0.1) is 5.82 Å². The normalized spacial score (nSPS) is 27.2. The maximum absolute atomic E-state index is 12.8. The standard InChI is InChI=1S/C10H12FN/c1-6-4-10(12)8-3-2-7(11)5-9(6)8/h2-3,5-6,10H,4,12H2,1H3. The fourth-order valence-corrected chi connectivity index (χ4v) is 1.94. The van der Waals surface area contributed by atoms with Crippen LogP contribution >= 0.6 is 0 Å². The summed E-state index contributed by atoms with van der Waals surface area (Å²) in [5.41, 5.74) is 8.06. The summed E-state index contributed by atoms with van der Waals surface area (Å²) < 4.78 is 12.8. The minimum Gasteiger partial charge on any atom is -0.324 e. The predicted octanol–water partition coefficient (Wildman–Crippen LogP) is 2.33. The average Bonchev–Trinajstić information content (AvgIpc) is 2.28. The van der Waals surface area contributed by atoms with E-state index in [2.05, 4.69) is 6.92 Å². The molecular formula is C10H12FN. The van der Waals surface area contributed by atoms with E-state index >= 15 is 0 Å². The van der Waals surface area contributed by atoms with Gasteiger partial charge in [0.25, 0.3) is 0 Å². The van der Waals surface area contributed by atoms with Gasteiger partial charge in [0, 0.05) is 6.04 Å². The molecule has 2 rings (SSSR count). The van der Waals surface area contributed by atoms with Crippen LogP contribution in [0.5, 0.6) is 0 Å². The van der Waals surface area contributed by atoms with E-state index in [1.165, 1.54) is 6.07 Å². The molecule has 2 heteroatoms. The second-order valence-corrected chi connectivity index (χ2v) is 3.52. The van der Waals surface area contributed by atoms with E-state index in [0.717, 1.165) is 17.5 Å². The summed E-state index contributed by atoms with van der Waals surface area (Å²) in [6, 6.07) is 5.00. The highest BCUT2D eigenvalue weighted by Crippen LogP contribution is 2.38. The topological polar surface area (TPSA) is 26.0 Å². The highest BCUT2D eigenvalue weighted by atomic mass is 19.1. The molecule has 2 N–H and O–H groups in total. The number of fused-ring (bicyclic) bond motifs is 1. The summed E-state index contributed by atoms with van der Waals surface area (Å²) in [5, 5.41) is 0. The van der Waals surface area contributed by atoms with Crippen LogP contribution in [0.2, 0.25) is 0 Å². The Labute approximate surface area is 71.4 Å². The lowest BCUT2D eigenvalue weighted by Crippen LogP contribution is -2.05. The van der Waals surface area contributed by atoms with Crippen molar-refractivity contribution in [1.82, 2.24) is 0 Å². The molecule has 1 aromatic rings. The summed E-state index contributed by atoms with van der Waals surface area (Å²) in [6.45, 7) is 2.09. The summed E-state index contributed by atoms with van der Waals surface area (Å²) in [6.07, 6.45) is 0.943. The van der Waals surface area contributed by atoms with Crippen LogP contribution in [0.25, 0.3) is 0 Å². The first-order valence-corrected chi connectivity index (χ1v) is 4.23. The molecule has 1 nitrogen and oxygen atoms in total. The molecule has 0 saturated carbocycles. The molecule has 1 aromatic carbocycles. The van der Waals surface area contributed by atoms with Crippen molar-refractivity contribution in [2.45, 2.75) is 25.3 Å². The lowest BCUT2D eigenvalue weighted by atomic mass is 10.0. The Morgan fingerprint density at radius 2 is 2.17 bits per heavy atom. The zero-order chi connectivity index (χ0) is 8.72. The number of halogens is 1. The van der Waals surface area contributed by atoms with Gasteiger partial charge < -0.3 is 5.73 Å². The van der Waals surface area contributed by atoms with E-state index in [4.69, 9.17) is 5.73 Å². The predicted molar refractivity (Wildman–Crippen MR) is 46.4 cm³/mol. The average molecular weight is 165 g/mol. The first-order chi connectivity index (χ1) is 5.68. The van der Waals surface area contributed by atoms with Gasteiger partial charge >= 0.3 is 0 Å². The Balaban J connectivity index is 2.53. The molecule has 0 radical (unpaired) electrons. The molecule has 0 aliphatic heterocycles. The Morgan fingerprint density at radius 1 is 1.42 bits per heavy atom. The van der Waals surface area contributed by atoms with Crippen molar-refractivity contribution in [2.24, 2.45) is 5.73 Å². The SMILES string of the molecule is CC1CC(N)c2ccc(F)cc21. The number of rotatable bonds is 0. The minimum absolute atomic E-state index is 0.107. The maximum Gasteiger partial charge on any atom is 0.123 e. The van der Waals surface area contributed by atoms with Crippen molar-refractivity contribution in [3.05, 3.63) is 35.1 Å². The molecule has 0 bridgehead atoms. The van der Waals surface area contributed by atoms with Gasteiger partial charge in [0.15, 0.2) is 0 Å². The van der Waals surface area contributed by atoms with Gasteiger partial charge in [0.2, 0.25) is 0 Å². The summed E-state index contributed by atoms with van der Waals surface area (Å²) in [4.78, 5) is 0. The van der Waals surface area contributed by atoms with Crippen molar-refractivity contribution in [2.75, 3.05) is 0 Å². The Bertz CT molecular complexity index is 309. The molecule has 0 aromatic heterocycles.